The Balaban J connectivity index is 0.000000559. The van der Waals surface area contributed by atoms with Crippen molar-refractivity contribution in [2.45, 2.75) is 30.8 Å². The molecule has 0 bridgehead atoms. The normalized spacial score (nSPS) is 11.5. The summed E-state index contributed by atoms with van der Waals surface area (Å²) in [4.78, 5) is 25.8. The van der Waals surface area contributed by atoms with Crippen LogP contribution >= 0.6 is 11.6 Å². The standard InChI is InChI=1S/C24H23ClN4O3S.C2HF3O2/c1-2-3-15-28(17-9-5-4-6-10-17)33(31,32)18-13-14-20(25)22(16-18)29-23(26)19-11-7-8-12-21(19)27-24(29)30;3-2(4,5)1(6)7/h4-14,16H,2-3,15,26H2,1H3;(H,6,7). The molecule has 212 valence electrons. The molecule has 14 heteroatoms. The van der Waals surface area contributed by atoms with Crippen LogP contribution in [-0.4, -0.2) is 41.8 Å². The summed E-state index contributed by atoms with van der Waals surface area (Å²) < 4.78 is 61.6. The number of anilines is 2. The smallest absolute Gasteiger partial charge is 0.475 e. The molecule has 0 amide bonds. The highest BCUT2D eigenvalue weighted by molar-refractivity contribution is 7.92. The average Bonchev–Trinajstić information content (AvgIpc) is 2.90. The fourth-order valence-electron chi connectivity index (χ4n) is 3.63. The van der Waals surface area contributed by atoms with Crippen molar-refractivity contribution in [1.82, 2.24) is 9.55 Å². The van der Waals surface area contributed by atoms with E-state index in [0.717, 1.165) is 11.0 Å². The summed E-state index contributed by atoms with van der Waals surface area (Å²) in [5.41, 5.74) is 6.82. The number of carboxylic acid groups (broad SMARTS) is 1. The molecular weight excluding hydrogens is 573 g/mol. The first-order chi connectivity index (χ1) is 18.8. The van der Waals surface area contributed by atoms with E-state index in [2.05, 4.69) is 4.98 Å². The van der Waals surface area contributed by atoms with Crippen LogP contribution in [0.15, 0.2) is 82.5 Å². The lowest BCUT2D eigenvalue weighted by Gasteiger charge is -2.25. The summed E-state index contributed by atoms with van der Waals surface area (Å²) >= 11 is 6.40. The number of nitrogens with two attached hydrogens (primary N) is 1. The summed E-state index contributed by atoms with van der Waals surface area (Å²) in [5.74, 6) is -2.62. The Morgan fingerprint density at radius 3 is 2.27 bits per heavy atom. The molecular formula is C26H24ClF3N4O5S. The predicted molar refractivity (Wildman–Crippen MR) is 146 cm³/mol. The van der Waals surface area contributed by atoms with Crippen LogP contribution in [0.2, 0.25) is 5.02 Å². The highest BCUT2D eigenvalue weighted by Crippen LogP contribution is 2.30. The third-order valence-electron chi connectivity index (χ3n) is 5.58. The first-order valence-corrected chi connectivity index (χ1v) is 13.6. The number of rotatable bonds is 7. The molecule has 9 nitrogen and oxygen atoms in total. The largest absolute Gasteiger partial charge is 0.490 e. The summed E-state index contributed by atoms with van der Waals surface area (Å²) in [6.07, 6.45) is -3.56. The Bertz CT molecular complexity index is 1680. The molecule has 0 radical (unpaired) electrons. The molecule has 0 saturated carbocycles. The molecule has 40 heavy (non-hydrogen) atoms. The fourth-order valence-corrected chi connectivity index (χ4v) is 5.36. The monoisotopic (exact) mass is 596 g/mol. The van der Waals surface area contributed by atoms with Crippen molar-refractivity contribution in [3.8, 4) is 5.69 Å². The van der Waals surface area contributed by atoms with Crippen LogP contribution in [0.1, 0.15) is 19.8 Å². The zero-order valence-corrected chi connectivity index (χ0v) is 22.5. The Hall–Kier alpha value is -4.10. The molecule has 3 N–H and O–H groups in total. The second-order valence-electron chi connectivity index (χ2n) is 8.31. The van der Waals surface area contributed by atoms with Gasteiger partial charge in [-0.1, -0.05) is 55.3 Å². The van der Waals surface area contributed by atoms with Crippen molar-refractivity contribution in [1.29, 1.82) is 0 Å². The minimum atomic E-state index is -5.08. The number of hydrogen-bond donors (Lipinski definition) is 2. The van der Waals surface area contributed by atoms with Gasteiger partial charge in [-0.3, -0.25) is 4.31 Å². The number of nitrogens with zero attached hydrogens (tertiary/aromatic N) is 3. The lowest BCUT2D eigenvalue weighted by atomic mass is 10.2. The topological polar surface area (TPSA) is 136 Å². The van der Waals surface area contributed by atoms with E-state index in [1.165, 1.54) is 22.5 Å². The number of carboxylic acids is 1. The van der Waals surface area contributed by atoms with Gasteiger partial charge in [0.2, 0.25) is 0 Å². The predicted octanol–water partition coefficient (Wildman–Crippen LogP) is 5.25. The Morgan fingerprint density at radius 1 is 1.07 bits per heavy atom. The lowest BCUT2D eigenvalue weighted by Crippen LogP contribution is -2.32. The van der Waals surface area contributed by atoms with Gasteiger partial charge in [-0.2, -0.15) is 18.2 Å². The molecule has 3 aromatic carbocycles. The number of benzene rings is 3. The van der Waals surface area contributed by atoms with Crippen LogP contribution in [0.4, 0.5) is 24.7 Å². The summed E-state index contributed by atoms with van der Waals surface area (Å²) in [6.45, 7) is 2.32. The second kappa shape index (κ2) is 12.4. The van der Waals surface area contributed by atoms with Crippen molar-refractivity contribution < 1.29 is 31.5 Å². The SMILES string of the molecule is CCCCN(c1ccccc1)S(=O)(=O)c1ccc(Cl)c(-n2c(N)c3ccccc3nc2=O)c1.O=C(O)C(F)(F)F. The number of sulfonamides is 1. The van der Waals surface area contributed by atoms with Crippen molar-refractivity contribution >= 4 is 50.0 Å². The van der Waals surface area contributed by atoms with Crippen LogP contribution in [0, 0.1) is 0 Å². The number of fused-ring (bicyclic) bond motifs is 1. The maximum Gasteiger partial charge on any atom is 0.490 e. The lowest BCUT2D eigenvalue weighted by molar-refractivity contribution is -0.192. The number of aromatic nitrogens is 2. The highest BCUT2D eigenvalue weighted by Gasteiger charge is 2.38. The quantitative estimate of drug-likeness (QED) is 0.297. The third-order valence-corrected chi connectivity index (χ3v) is 7.72. The molecule has 0 saturated heterocycles. The van der Waals surface area contributed by atoms with Crippen LogP contribution in [0.25, 0.3) is 16.6 Å². The van der Waals surface area contributed by atoms with E-state index < -0.39 is 27.9 Å². The number of halogens is 4. The molecule has 0 atom stereocenters. The number of nitrogen functional groups attached to an aromatic ring is 1. The van der Waals surface area contributed by atoms with Crippen LogP contribution < -0.4 is 15.7 Å². The van der Waals surface area contributed by atoms with E-state index in [1.807, 2.05) is 13.0 Å². The molecule has 0 aliphatic heterocycles. The molecule has 0 aliphatic carbocycles. The van der Waals surface area contributed by atoms with Crippen molar-refractivity contribution in [3.63, 3.8) is 0 Å². The zero-order valence-electron chi connectivity index (χ0n) is 21.0. The van der Waals surface area contributed by atoms with Crippen molar-refractivity contribution in [2.75, 3.05) is 16.6 Å². The molecule has 4 aromatic rings. The van der Waals surface area contributed by atoms with E-state index in [0.29, 0.717) is 29.6 Å². The number of aliphatic carboxylic acids is 1. The van der Waals surface area contributed by atoms with Gasteiger partial charge in [0.15, 0.2) is 0 Å². The van der Waals surface area contributed by atoms with Gasteiger partial charge in [0.05, 0.1) is 26.8 Å². The highest BCUT2D eigenvalue weighted by atomic mass is 35.5. The first kappa shape index (κ1) is 30.4. The van der Waals surface area contributed by atoms with Gasteiger partial charge in [0.1, 0.15) is 5.82 Å². The van der Waals surface area contributed by atoms with Crippen LogP contribution in [0.3, 0.4) is 0 Å². The molecule has 0 fully saturated rings. The van der Waals surface area contributed by atoms with E-state index in [1.54, 1.807) is 48.5 Å². The Labute approximate surface area is 232 Å². The molecule has 0 unspecified atom stereocenters. The molecule has 4 rings (SSSR count). The Morgan fingerprint density at radius 2 is 1.68 bits per heavy atom. The van der Waals surface area contributed by atoms with Gasteiger partial charge in [0.25, 0.3) is 10.0 Å². The number of hydrogen-bond acceptors (Lipinski definition) is 6. The van der Waals surface area contributed by atoms with Gasteiger partial charge in [-0.25, -0.2) is 22.6 Å². The third kappa shape index (κ3) is 6.72. The van der Waals surface area contributed by atoms with E-state index >= 15 is 0 Å². The maximum atomic E-state index is 13.7. The van der Waals surface area contributed by atoms with Crippen molar-refractivity contribution in [2.24, 2.45) is 0 Å². The van der Waals surface area contributed by atoms with E-state index in [4.69, 9.17) is 27.2 Å². The number of alkyl halides is 3. The van der Waals surface area contributed by atoms with E-state index in [-0.39, 0.29) is 21.4 Å². The first-order valence-electron chi connectivity index (χ1n) is 11.7. The van der Waals surface area contributed by atoms with Gasteiger partial charge in [0, 0.05) is 11.9 Å². The minimum absolute atomic E-state index is 0.00122. The molecule has 1 aromatic heterocycles. The average molecular weight is 597 g/mol. The number of unbranched alkanes of at least 4 members (excludes halogenated alkanes) is 1. The van der Waals surface area contributed by atoms with Gasteiger partial charge >= 0.3 is 17.8 Å². The van der Waals surface area contributed by atoms with Gasteiger partial charge < -0.3 is 10.8 Å². The van der Waals surface area contributed by atoms with Gasteiger partial charge in [-0.05, 0) is 48.9 Å². The minimum Gasteiger partial charge on any atom is -0.475 e. The van der Waals surface area contributed by atoms with Gasteiger partial charge in [-0.15, -0.1) is 0 Å². The second-order valence-corrected chi connectivity index (χ2v) is 10.6. The van der Waals surface area contributed by atoms with Crippen molar-refractivity contribution in [3.05, 3.63) is 88.3 Å². The summed E-state index contributed by atoms with van der Waals surface area (Å²) in [7, 11) is -3.94. The maximum absolute atomic E-state index is 13.7. The number of para-hydroxylation sites is 2. The summed E-state index contributed by atoms with van der Waals surface area (Å²) in [6, 6.07) is 20.1. The van der Waals surface area contributed by atoms with E-state index in [9.17, 15) is 26.4 Å². The molecule has 0 spiro atoms. The Kier molecular flexibility index (Phi) is 9.43. The van der Waals surface area contributed by atoms with Crippen LogP contribution in [-0.2, 0) is 14.8 Å². The molecule has 1 heterocycles. The number of carbonyl (C=O) groups is 1. The zero-order chi connectivity index (χ0) is 29.7. The fraction of sp³-hybridized carbons (Fsp3) is 0.192. The summed E-state index contributed by atoms with van der Waals surface area (Å²) in [5, 5.41) is 7.87. The van der Waals surface area contributed by atoms with Crippen LogP contribution in [0.5, 0.6) is 0 Å². The molecule has 0 aliphatic rings.